The number of rotatable bonds is 2. The number of alkyl halides is 3. The van der Waals surface area contributed by atoms with Gasteiger partial charge < -0.3 is 10.1 Å². The summed E-state index contributed by atoms with van der Waals surface area (Å²) in [4.78, 5) is 5.77. The van der Waals surface area contributed by atoms with E-state index in [1.807, 2.05) is 0 Å². The van der Waals surface area contributed by atoms with E-state index in [4.69, 9.17) is 17.0 Å². The Kier molecular flexibility index (Phi) is 5.10. The largest absolute Gasteiger partial charge is 0.453 e. The molecule has 1 heterocycles. The molecule has 1 fully saturated rings. The van der Waals surface area contributed by atoms with Gasteiger partial charge in [0.15, 0.2) is 5.11 Å². The number of aliphatic imine (C=N–C) groups is 1. The molecule has 8 heteroatoms. The molecule has 0 spiro atoms. The van der Waals surface area contributed by atoms with Gasteiger partial charge in [-0.2, -0.15) is 13.2 Å². The number of amidine groups is 1. The van der Waals surface area contributed by atoms with Crippen LogP contribution in [0.2, 0.25) is 0 Å². The van der Waals surface area contributed by atoms with Crippen molar-refractivity contribution >= 4 is 29.0 Å². The van der Waals surface area contributed by atoms with Gasteiger partial charge in [0.2, 0.25) is 0 Å². The Morgan fingerprint density at radius 1 is 0.964 bits per heavy atom. The first kappa shape index (κ1) is 20.1. The Hall–Kier alpha value is -2.61. The maximum atomic E-state index is 14.3. The summed E-state index contributed by atoms with van der Waals surface area (Å²) in [5.74, 6) is 0. The summed E-state index contributed by atoms with van der Waals surface area (Å²) < 4.78 is 48.4. The lowest BCUT2D eigenvalue weighted by Crippen LogP contribution is -2.68. The molecule has 1 saturated heterocycles. The van der Waals surface area contributed by atoms with Crippen LogP contribution in [0.4, 0.5) is 18.9 Å². The highest BCUT2D eigenvalue weighted by Crippen LogP contribution is 2.43. The average molecular weight is 407 g/mol. The van der Waals surface area contributed by atoms with Crippen molar-refractivity contribution in [1.82, 2.24) is 5.32 Å². The third-order valence-corrected chi connectivity index (χ3v) is 4.23. The van der Waals surface area contributed by atoms with E-state index in [1.54, 1.807) is 57.2 Å². The van der Waals surface area contributed by atoms with Gasteiger partial charge >= 0.3 is 17.9 Å². The zero-order valence-electron chi connectivity index (χ0n) is 15.6. The SMILES string of the molecule is CC(C)(C)N=C1O[C@](c2ccccc2)(C(F)(F)F)NC(=S)N1c1ccccc1. The van der Waals surface area contributed by atoms with E-state index in [2.05, 4.69) is 10.3 Å². The zero-order valence-corrected chi connectivity index (χ0v) is 16.4. The van der Waals surface area contributed by atoms with E-state index in [9.17, 15) is 13.2 Å². The number of nitrogens with one attached hydrogen (secondary N) is 1. The van der Waals surface area contributed by atoms with Crippen molar-refractivity contribution in [3.63, 3.8) is 0 Å². The molecule has 0 saturated carbocycles. The summed E-state index contributed by atoms with van der Waals surface area (Å²) in [6.45, 7) is 5.32. The number of anilines is 1. The van der Waals surface area contributed by atoms with E-state index < -0.39 is 17.4 Å². The molecule has 2 aromatic rings. The highest BCUT2D eigenvalue weighted by molar-refractivity contribution is 7.80. The van der Waals surface area contributed by atoms with Crippen LogP contribution in [0.25, 0.3) is 0 Å². The molecule has 0 bridgehead atoms. The molecule has 1 aliphatic rings. The fourth-order valence-corrected chi connectivity index (χ4v) is 3.09. The number of benzene rings is 2. The minimum absolute atomic E-state index is 0.112. The second kappa shape index (κ2) is 7.09. The number of ether oxygens (including phenoxy) is 1. The topological polar surface area (TPSA) is 36.9 Å². The minimum Gasteiger partial charge on any atom is -0.423 e. The second-order valence-electron chi connectivity index (χ2n) is 7.31. The lowest BCUT2D eigenvalue weighted by Gasteiger charge is -2.45. The molecule has 0 unspecified atom stereocenters. The maximum absolute atomic E-state index is 14.3. The third-order valence-electron chi connectivity index (χ3n) is 3.95. The lowest BCUT2D eigenvalue weighted by molar-refractivity contribution is -0.268. The molecule has 1 atom stereocenters. The minimum atomic E-state index is -4.79. The van der Waals surface area contributed by atoms with Crippen LogP contribution in [-0.2, 0) is 10.5 Å². The van der Waals surface area contributed by atoms with Gasteiger partial charge in [-0.15, -0.1) is 0 Å². The van der Waals surface area contributed by atoms with Gasteiger partial charge in [-0.3, -0.25) is 0 Å². The molecule has 148 valence electrons. The molecule has 0 amide bonds. The Labute approximate surface area is 167 Å². The van der Waals surface area contributed by atoms with Gasteiger partial charge in [-0.05, 0) is 45.1 Å². The standard InChI is InChI=1S/C20H20F3N3OS/c1-18(2,3)24-16-26(15-12-8-5-9-13-15)17(28)25-19(27-16,20(21,22)23)14-10-6-4-7-11-14/h4-13H,1-3H3,(H,25,28)/t19-/m1/s1. The molecule has 0 aromatic heterocycles. The van der Waals surface area contributed by atoms with Crippen molar-refractivity contribution in [2.75, 3.05) is 4.90 Å². The smallest absolute Gasteiger partial charge is 0.423 e. The van der Waals surface area contributed by atoms with Crippen LogP contribution < -0.4 is 10.2 Å². The average Bonchev–Trinajstić information content (AvgIpc) is 2.60. The predicted octanol–water partition coefficient (Wildman–Crippen LogP) is 4.97. The van der Waals surface area contributed by atoms with E-state index in [0.717, 1.165) is 0 Å². The zero-order chi connectivity index (χ0) is 20.6. The van der Waals surface area contributed by atoms with E-state index in [1.165, 1.54) is 29.2 Å². The second-order valence-corrected chi connectivity index (χ2v) is 7.70. The highest BCUT2D eigenvalue weighted by atomic mass is 32.1. The Morgan fingerprint density at radius 2 is 1.50 bits per heavy atom. The Morgan fingerprint density at radius 3 is 2.00 bits per heavy atom. The normalized spacial score (nSPS) is 22.0. The van der Waals surface area contributed by atoms with Crippen LogP contribution in [0.5, 0.6) is 0 Å². The molecule has 28 heavy (non-hydrogen) atoms. The fourth-order valence-electron chi connectivity index (χ4n) is 2.76. The molecule has 0 aliphatic carbocycles. The first-order valence-corrected chi connectivity index (χ1v) is 9.03. The van der Waals surface area contributed by atoms with Gasteiger partial charge in [-0.1, -0.05) is 48.5 Å². The van der Waals surface area contributed by atoms with Gasteiger partial charge in [-0.25, -0.2) is 9.89 Å². The number of nitrogens with zero attached hydrogens (tertiary/aromatic N) is 2. The monoisotopic (exact) mass is 407 g/mol. The summed E-state index contributed by atoms with van der Waals surface area (Å²) in [5, 5.41) is 2.23. The van der Waals surface area contributed by atoms with E-state index >= 15 is 0 Å². The number of hydrogen-bond acceptors (Lipinski definition) is 3. The first-order valence-electron chi connectivity index (χ1n) is 8.62. The van der Waals surface area contributed by atoms with Gasteiger partial charge in [0.1, 0.15) is 0 Å². The summed E-state index contributed by atoms with van der Waals surface area (Å²) in [7, 11) is 0. The first-order chi connectivity index (χ1) is 13.0. The highest BCUT2D eigenvalue weighted by Gasteiger charge is 2.63. The third kappa shape index (κ3) is 3.82. The molecule has 1 N–H and O–H groups in total. The van der Waals surface area contributed by atoms with E-state index in [0.29, 0.717) is 5.69 Å². The fraction of sp³-hybridized carbons (Fsp3) is 0.300. The van der Waals surface area contributed by atoms with Crippen LogP contribution in [0, 0.1) is 0 Å². The van der Waals surface area contributed by atoms with Crippen LogP contribution >= 0.6 is 12.2 Å². The van der Waals surface area contributed by atoms with Gasteiger partial charge in [0.25, 0.3) is 0 Å². The van der Waals surface area contributed by atoms with Crippen LogP contribution in [0.15, 0.2) is 65.7 Å². The van der Waals surface area contributed by atoms with Gasteiger partial charge in [0.05, 0.1) is 11.2 Å². The quantitative estimate of drug-likeness (QED) is 0.714. The molecule has 4 nitrogen and oxygen atoms in total. The Balaban J connectivity index is 2.18. The number of thiocarbonyl (C=S) groups is 1. The van der Waals surface area contributed by atoms with Crippen molar-refractivity contribution in [3.05, 3.63) is 66.2 Å². The summed E-state index contributed by atoms with van der Waals surface area (Å²) in [5.41, 5.74) is -3.09. The maximum Gasteiger partial charge on any atom is 0.453 e. The number of para-hydroxylation sites is 1. The van der Waals surface area contributed by atoms with E-state index in [-0.39, 0.29) is 16.7 Å². The molecule has 0 radical (unpaired) electrons. The van der Waals surface area contributed by atoms with Crippen molar-refractivity contribution < 1.29 is 17.9 Å². The predicted molar refractivity (Wildman–Crippen MR) is 107 cm³/mol. The molecule has 1 aliphatic heterocycles. The molecule has 3 rings (SSSR count). The van der Waals surface area contributed by atoms with Crippen molar-refractivity contribution in [2.24, 2.45) is 4.99 Å². The van der Waals surface area contributed by atoms with Crippen LogP contribution in [0.1, 0.15) is 26.3 Å². The number of halogens is 3. The summed E-state index contributed by atoms with van der Waals surface area (Å²) in [6.07, 6.45) is -4.79. The van der Waals surface area contributed by atoms with Crippen molar-refractivity contribution in [2.45, 2.75) is 38.2 Å². The van der Waals surface area contributed by atoms with Crippen LogP contribution in [-0.4, -0.2) is 22.8 Å². The van der Waals surface area contributed by atoms with Crippen LogP contribution in [0.3, 0.4) is 0 Å². The summed E-state index contributed by atoms with van der Waals surface area (Å²) >= 11 is 5.35. The summed E-state index contributed by atoms with van der Waals surface area (Å²) in [6, 6.07) is 15.9. The molecule has 2 aromatic carbocycles. The lowest BCUT2D eigenvalue weighted by atomic mass is 10.0. The van der Waals surface area contributed by atoms with Gasteiger partial charge in [0, 0.05) is 5.56 Å². The number of hydrogen-bond donors (Lipinski definition) is 1. The molecular formula is C20H20F3N3OS. The van der Waals surface area contributed by atoms with Crippen molar-refractivity contribution in [1.29, 1.82) is 0 Å². The molecular weight excluding hydrogens is 387 g/mol. The van der Waals surface area contributed by atoms with Crippen molar-refractivity contribution in [3.8, 4) is 0 Å². The Bertz CT molecular complexity index is 879.